The van der Waals surface area contributed by atoms with Crippen molar-refractivity contribution in [2.24, 2.45) is 0 Å². The molecule has 1 aromatic heterocycles. The summed E-state index contributed by atoms with van der Waals surface area (Å²) in [4.78, 5) is 9.43. The zero-order valence-corrected chi connectivity index (χ0v) is 17.8. The first-order valence-electron chi connectivity index (χ1n) is 10.0. The van der Waals surface area contributed by atoms with Crippen LogP contribution in [0.1, 0.15) is 16.8 Å². The zero-order chi connectivity index (χ0) is 20.2. The number of nitrogens with zero attached hydrogens (tertiary/aromatic N) is 4. The van der Waals surface area contributed by atoms with Crippen molar-refractivity contribution in [2.75, 3.05) is 56.6 Å². The lowest BCUT2D eigenvalue weighted by molar-refractivity contribution is 0.171. The Labute approximate surface area is 176 Å². The number of rotatable bonds is 5. The van der Waals surface area contributed by atoms with Gasteiger partial charge in [0.2, 0.25) is 0 Å². The average molecular weight is 411 g/mol. The first-order chi connectivity index (χ1) is 14.2. The Bertz CT molecular complexity index is 920. The number of pyridine rings is 1. The minimum atomic E-state index is 0.609. The highest BCUT2D eigenvalue weighted by Crippen LogP contribution is 2.39. The molecule has 1 aromatic carbocycles. The number of hydrogen-bond acceptors (Lipinski definition) is 7. The highest BCUT2D eigenvalue weighted by Gasteiger charge is 2.23. The Morgan fingerprint density at radius 3 is 2.72 bits per heavy atom. The third-order valence-electron chi connectivity index (χ3n) is 5.33. The Kier molecular flexibility index (Phi) is 6.12. The molecule has 0 saturated carbocycles. The van der Waals surface area contributed by atoms with Gasteiger partial charge in [-0.25, -0.2) is 4.98 Å². The Balaban J connectivity index is 1.31. The number of aromatic nitrogens is 1. The van der Waals surface area contributed by atoms with Crippen LogP contribution in [0.4, 0.5) is 5.69 Å². The fourth-order valence-electron chi connectivity index (χ4n) is 3.83. The Hall–Kier alpha value is -2.43. The predicted molar refractivity (Wildman–Crippen MR) is 115 cm³/mol. The standard InChI is InChI=1S/C22H26N4O2S/c1-16-14-17(2)24-22(18(16)15-23)29-13-10-25-6-8-26(9-7-25)19-4-3-5-20-21(19)28-12-11-27-20/h3-5,14H,6-13H2,1-2H3. The number of piperazine rings is 1. The zero-order valence-electron chi connectivity index (χ0n) is 17.0. The minimum absolute atomic E-state index is 0.609. The first kappa shape index (κ1) is 19.9. The SMILES string of the molecule is Cc1cc(C)c(C#N)c(SCCN2CCN(c3cccc4c3OCCO4)CC2)n1. The van der Waals surface area contributed by atoms with E-state index in [0.717, 1.165) is 71.9 Å². The summed E-state index contributed by atoms with van der Waals surface area (Å²) in [6, 6.07) is 10.4. The Morgan fingerprint density at radius 1 is 1.14 bits per heavy atom. The maximum atomic E-state index is 9.42. The van der Waals surface area contributed by atoms with Gasteiger partial charge in [0.15, 0.2) is 11.5 Å². The third-order valence-corrected chi connectivity index (χ3v) is 6.28. The molecule has 2 aromatic rings. The van der Waals surface area contributed by atoms with Gasteiger partial charge in [-0.2, -0.15) is 5.26 Å². The van der Waals surface area contributed by atoms with Gasteiger partial charge in [0.05, 0.1) is 11.3 Å². The maximum absolute atomic E-state index is 9.42. The van der Waals surface area contributed by atoms with E-state index in [0.29, 0.717) is 18.8 Å². The molecule has 0 radical (unpaired) electrons. The fourth-order valence-corrected chi connectivity index (χ4v) is 4.94. The number of nitriles is 1. The highest BCUT2D eigenvalue weighted by atomic mass is 32.2. The van der Waals surface area contributed by atoms with Crippen LogP contribution in [0.5, 0.6) is 11.5 Å². The van der Waals surface area contributed by atoms with Crippen LogP contribution in [0, 0.1) is 25.2 Å². The molecule has 2 aliphatic heterocycles. The molecule has 0 amide bonds. The van der Waals surface area contributed by atoms with Crippen LogP contribution >= 0.6 is 11.8 Å². The molecule has 0 unspecified atom stereocenters. The van der Waals surface area contributed by atoms with Crippen molar-refractivity contribution in [1.29, 1.82) is 5.26 Å². The number of aryl methyl sites for hydroxylation is 2. The van der Waals surface area contributed by atoms with Crippen molar-refractivity contribution in [1.82, 2.24) is 9.88 Å². The van der Waals surface area contributed by atoms with Crippen LogP contribution in [0.25, 0.3) is 0 Å². The average Bonchev–Trinajstić information content (AvgIpc) is 2.74. The molecule has 2 aliphatic rings. The number of para-hydroxylation sites is 1. The number of ether oxygens (including phenoxy) is 2. The van der Waals surface area contributed by atoms with E-state index < -0.39 is 0 Å². The summed E-state index contributed by atoms with van der Waals surface area (Å²) < 4.78 is 11.6. The van der Waals surface area contributed by atoms with Gasteiger partial charge in [0, 0.05) is 44.2 Å². The van der Waals surface area contributed by atoms with E-state index in [1.54, 1.807) is 11.8 Å². The van der Waals surface area contributed by atoms with Gasteiger partial charge in [-0.3, -0.25) is 4.90 Å². The van der Waals surface area contributed by atoms with Gasteiger partial charge >= 0.3 is 0 Å². The van der Waals surface area contributed by atoms with Crippen LogP contribution in [0.2, 0.25) is 0 Å². The van der Waals surface area contributed by atoms with Gasteiger partial charge in [-0.15, -0.1) is 11.8 Å². The predicted octanol–water partition coefficient (Wildman–Crippen LogP) is 3.26. The Morgan fingerprint density at radius 2 is 1.93 bits per heavy atom. The van der Waals surface area contributed by atoms with E-state index in [4.69, 9.17) is 9.47 Å². The summed E-state index contributed by atoms with van der Waals surface area (Å²) in [5.41, 5.74) is 3.82. The van der Waals surface area contributed by atoms with E-state index in [2.05, 4.69) is 26.9 Å². The topological polar surface area (TPSA) is 61.6 Å². The smallest absolute Gasteiger partial charge is 0.184 e. The van der Waals surface area contributed by atoms with E-state index in [1.807, 2.05) is 32.0 Å². The normalized spacial score (nSPS) is 16.5. The number of thioether (sulfide) groups is 1. The molecule has 0 spiro atoms. The van der Waals surface area contributed by atoms with E-state index >= 15 is 0 Å². The lowest BCUT2D eigenvalue weighted by Gasteiger charge is -2.37. The molecule has 6 nitrogen and oxygen atoms in total. The van der Waals surface area contributed by atoms with Crippen LogP contribution < -0.4 is 14.4 Å². The van der Waals surface area contributed by atoms with Crippen LogP contribution in [0.15, 0.2) is 29.3 Å². The summed E-state index contributed by atoms with van der Waals surface area (Å²) >= 11 is 1.68. The molecule has 1 saturated heterocycles. The summed E-state index contributed by atoms with van der Waals surface area (Å²) in [7, 11) is 0. The van der Waals surface area contributed by atoms with Gasteiger partial charge in [-0.1, -0.05) is 6.07 Å². The van der Waals surface area contributed by atoms with Gasteiger partial charge in [0.1, 0.15) is 24.3 Å². The van der Waals surface area contributed by atoms with Gasteiger partial charge in [0.25, 0.3) is 0 Å². The van der Waals surface area contributed by atoms with Crippen molar-refractivity contribution in [3.05, 3.63) is 41.1 Å². The minimum Gasteiger partial charge on any atom is -0.486 e. The second-order valence-electron chi connectivity index (χ2n) is 7.35. The lowest BCUT2D eigenvalue weighted by Crippen LogP contribution is -2.47. The van der Waals surface area contributed by atoms with Crippen molar-refractivity contribution in [3.63, 3.8) is 0 Å². The maximum Gasteiger partial charge on any atom is 0.184 e. The second kappa shape index (κ2) is 8.93. The largest absolute Gasteiger partial charge is 0.486 e. The van der Waals surface area contributed by atoms with Gasteiger partial charge in [-0.05, 0) is 37.6 Å². The number of hydrogen-bond donors (Lipinski definition) is 0. The summed E-state index contributed by atoms with van der Waals surface area (Å²) in [6.45, 7) is 10.1. The van der Waals surface area contributed by atoms with Crippen molar-refractivity contribution in [3.8, 4) is 17.6 Å². The summed E-state index contributed by atoms with van der Waals surface area (Å²) in [5.74, 6) is 2.66. The molecule has 1 fully saturated rings. The van der Waals surface area contributed by atoms with Gasteiger partial charge < -0.3 is 14.4 Å². The van der Waals surface area contributed by atoms with E-state index in [-0.39, 0.29) is 0 Å². The molecule has 0 aliphatic carbocycles. The molecule has 0 atom stereocenters. The summed E-state index contributed by atoms with van der Waals surface area (Å²) in [6.07, 6.45) is 0. The summed E-state index contributed by atoms with van der Waals surface area (Å²) in [5, 5.41) is 10.3. The van der Waals surface area contributed by atoms with Crippen molar-refractivity contribution < 1.29 is 9.47 Å². The fraction of sp³-hybridized carbons (Fsp3) is 0.455. The quantitative estimate of drug-likeness (QED) is 0.701. The first-order valence-corrected chi connectivity index (χ1v) is 11.0. The van der Waals surface area contributed by atoms with E-state index in [1.165, 1.54) is 0 Å². The van der Waals surface area contributed by atoms with Crippen LogP contribution in [-0.4, -0.2) is 61.6 Å². The number of anilines is 1. The van der Waals surface area contributed by atoms with Crippen LogP contribution in [0.3, 0.4) is 0 Å². The number of benzene rings is 1. The molecular formula is C22H26N4O2S. The number of fused-ring (bicyclic) bond motifs is 1. The molecule has 29 heavy (non-hydrogen) atoms. The van der Waals surface area contributed by atoms with Crippen LogP contribution in [-0.2, 0) is 0 Å². The molecule has 0 N–H and O–H groups in total. The molecule has 3 heterocycles. The molecule has 4 rings (SSSR count). The lowest BCUT2D eigenvalue weighted by atomic mass is 10.1. The molecular weight excluding hydrogens is 384 g/mol. The highest BCUT2D eigenvalue weighted by molar-refractivity contribution is 7.99. The van der Waals surface area contributed by atoms with Crippen molar-refractivity contribution in [2.45, 2.75) is 18.9 Å². The molecule has 152 valence electrons. The molecule has 0 bridgehead atoms. The molecule has 7 heteroatoms. The van der Waals surface area contributed by atoms with Crippen molar-refractivity contribution >= 4 is 17.4 Å². The second-order valence-corrected chi connectivity index (χ2v) is 8.43. The third kappa shape index (κ3) is 4.44. The monoisotopic (exact) mass is 410 g/mol. The van der Waals surface area contributed by atoms with E-state index in [9.17, 15) is 5.26 Å².